The van der Waals surface area contributed by atoms with Gasteiger partial charge in [0.15, 0.2) is 17.3 Å². The van der Waals surface area contributed by atoms with Gasteiger partial charge in [-0.2, -0.15) is 0 Å². The quantitative estimate of drug-likeness (QED) is 0.755. The Bertz CT molecular complexity index is 1010. The highest BCUT2D eigenvalue weighted by Crippen LogP contribution is 2.44. The smallest absolute Gasteiger partial charge is 0.395 e. The maximum atomic E-state index is 13.2. The number of fused-ring (bicyclic) bond motifs is 1. The molecule has 0 spiro atoms. The lowest BCUT2D eigenvalue weighted by Crippen LogP contribution is -2.25. The zero-order valence-electron chi connectivity index (χ0n) is 14.1. The maximum Gasteiger partial charge on any atom is 0.586 e. The molecule has 0 saturated heterocycles. The van der Waals surface area contributed by atoms with E-state index >= 15 is 0 Å². The van der Waals surface area contributed by atoms with E-state index in [1.54, 1.807) is 31.2 Å². The Kier molecular flexibility index (Phi) is 3.95. The minimum Gasteiger partial charge on any atom is -0.395 e. The number of alkyl halides is 2. The van der Waals surface area contributed by atoms with Crippen LogP contribution in [0, 0.1) is 6.92 Å². The predicted molar refractivity (Wildman–Crippen MR) is 92.8 cm³/mol. The monoisotopic (exact) mass is 369 g/mol. The van der Waals surface area contributed by atoms with Crippen molar-refractivity contribution in [3.05, 3.63) is 66.0 Å². The van der Waals surface area contributed by atoms with Gasteiger partial charge in [-0.3, -0.25) is 9.78 Å². The average molecular weight is 369 g/mol. The number of carbonyl (C=O) groups is 1. The van der Waals surface area contributed by atoms with Crippen LogP contribution in [0.3, 0.4) is 0 Å². The van der Waals surface area contributed by atoms with Gasteiger partial charge >= 0.3 is 6.29 Å². The van der Waals surface area contributed by atoms with E-state index in [1.807, 2.05) is 6.07 Å². The lowest BCUT2D eigenvalue weighted by atomic mass is 10.1. The number of nitrogens with one attached hydrogen (secondary N) is 1. The molecule has 3 aromatic rings. The van der Waals surface area contributed by atoms with Crippen LogP contribution in [0.1, 0.15) is 15.9 Å². The molecule has 1 aromatic heterocycles. The Hall–Kier alpha value is -3.55. The second-order valence-corrected chi connectivity index (χ2v) is 5.89. The molecule has 0 aliphatic carbocycles. The van der Waals surface area contributed by atoms with Crippen molar-refractivity contribution in [1.82, 2.24) is 9.97 Å². The molecule has 1 N–H and O–H groups in total. The lowest BCUT2D eigenvalue weighted by molar-refractivity contribution is -0.286. The van der Waals surface area contributed by atoms with Crippen molar-refractivity contribution < 1.29 is 23.0 Å². The van der Waals surface area contributed by atoms with Crippen LogP contribution in [0.15, 0.2) is 54.9 Å². The lowest BCUT2D eigenvalue weighted by Gasteiger charge is -2.08. The number of carbonyl (C=O) groups excluding carboxylic acids is 1. The van der Waals surface area contributed by atoms with Crippen LogP contribution in [-0.2, 0) is 0 Å². The van der Waals surface area contributed by atoms with Gasteiger partial charge in [-0.15, -0.1) is 8.78 Å². The molecule has 0 radical (unpaired) electrons. The fraction of sp³-hybridized carbons (Fsp3) is 0.105. The van der Waals surface area contributed by atoms with Gasteiger partial charge in [0.1, 0.15) is 0 Å². The number of nitrogens with zero attached hydrogens (tertiary/aromatic N) is 2. The molecular formula is C19H13F2N3O3. The summed E-state index contributed by atoms with van der Waals surface area (Å²) in [6, 6.07) is 11.6. The molecular weight excluding hydrogens is 356 g/mol. The summed E-state index contributed by atoms with van der Waals surface area (Å²) >= 11 is 0. The van der Waals surface area contributed by atoms with Crippen molar-refractivity contribution in [3.8, 4) is 22.8 Å². The standard InChI is InChI=1S/C19H13F2N3O3/c1-11-7-15-16(27-19(20,21)26-15)8-13(11)14-9-23-17(10-22-14)24-18(25)12-5-3-2-4-6-12/h2-10H,1H3,(H,23,24,25). The SMILES string of the molecule is Cc1cc2c(cc1-c1cnc(NC(=O)c3ccccc3)cn1)OC(F)(F)O2. The largest absolute Gasteiger partial charge is 0.586 e. The van der Waals surface area contributed by atoms with E-state index in [-0.39, 0.29) is 23.2 Å². The Morgan fingerprint density at radius 3 is 2.41 bits per heavy atom. The van der Waals surface area contributed by atoms with E-state index in [1.165, 1.54) is 24.5 Å². The number of rotatable bonds is 3. The van der Waals surface area contributed by atoms with E-state index in [9.17, 15) is 13.6 Å². The van der Waals surface area contributed by atoms with Gasteiger partial charge in [-0.1, -0.05) is 18.2 Å². The third-order valence-electron chi connectivity index (χ3n) is 3.95. The molecule has 4 rings (SSSR count). The molecule has 1 amide bonds. The third kappa shape index (κ3) is 3.41. The van der Waals surface area contributed by atoms with Crippen LogP contribution in [0.2, 0.25) is 0 Å². The molecule has 1 aliphatic heterocycles. The van der Waals surface area contributed by atoms with E-state index in [4.69, 9.17) is 0 Å². The molecule has 2 aromatic carbocycles. The van der Waals surface area contributed by atoms with E-state index in [2.05, 4.69) is 24.8 Å². The summed E-state index contributed by atoms with van der Waals surface area (Å²) < 4.78 is 35.3. The fourth-order valence-electron chi connectivity index (χ4n) is 2.68. The Balaban J connectivity index is 1.56. The number of hydrogen-bond donors (Lipinski definition) is 1. The molecule has 0 bridgehead atoms. The van der Waals surface area contributed by atoms with E-state index in [0.717, 1.165) is 0 Å². The number of aromatic nitrogens is 2. The van der Waals surface area contributed by atoms with Gasteiger partial charge in [0.25, 0.3) is 5.91 Å². The Morgan fingerprint density at radius 2 is 1.74 bits per heavy atom. The van der Waals surface area contributed by atoms with Crippen LogP contribution < -0.4 is 14.8 Å². The summed E-state index contributed by atoms with van der Waals surface area (Å²) in [4.78, 5) is 20.6. The number of halogens is 2. The summed E-state index contributed by atoms with van der Waals surface area (Å²) in [5.41, 5.74) is 2.19. The van der Waals surface area contributed by atoms with E-state index < -0.39 is 6.29 Å². The number of aryl methyl sites for hydroxylation is 1. The number of amides is 1. The number of ether oxygens (including phenoxy) is 2. The zero-order valence-corrected chi connectivity index (χ0v) is 14.1. The summed E-state index contributed by atoms with van der Waals surface area (Å²) in [5.74, 6) is -0.124. The highest BCUT2D eigenvalue weighted by Gasteiger charge is 2.43. The topological polar surface area (TPSA) is 73.3 Å². The molecule has 0 atom stereocenters. The van der Waals surface area contributed by atoms with Gasteiger partial charge in [0.2, 0.25) is 0 Å². The van der Waals surface area contributed by atoms with Crippen LogP contribution >= 0.6 is 0 Å². The van der Waals surface area contributed by atoms with Crippen molar-refractivity contribution in [3.63, 3.8) is 0 Å². The first-order valence-corrected chi connectivity index (χ1v) is 8.00. The first kappa shape index (κ1) is 16.9. The second-order valence-electron chi connectivity index (χ2n) is 5.89. The number of hydrogen-bond acceptors (Lipinski definition) is 5. The van der Waals surface area contributed by atoms with Gasteiger partial charge in [0.05, 0.1) is 18.1 Å². The normalized spacial score (nSPS) is 14.0. The van der Waals surface area contributed by atoms with Gasteiger partial charge < -0.3 is 14.8 Å². The number of benzene rings is 2. The Morgan fingerprint density at radius 1 is 1.04 bits per heavy atom. The molecule has 0 fully saturated rings. The van der Waals surface area contributed by atoms with Crippen molar-refractivity contribution in [2.75, 3.05) is 5.32 Å². The summed E-state index contributed by atoms with van der Waals surface area (Å²) in [7, 11) is 0. The molecule has 2 heterocycles. The Labute approximate surface area is 152 Å². The molecule has 136 valence electrons. The molecule has 0 unspecified atom stereocenters. The van der Waals surface area contributed by atoms with Crippen LogP contribution in [0.5, 0.6) is 11.5 Å². The van der Waals surface area contributed by atoms with Gasteiger partial charge in [-0.05, 0) is 36.8 Å². The van der Waals surface area contributed by atoms with Crippen molar-refractivity contribution in [2.45, 2.75) is 13.2 Å². The molecule has 8 heteroatoms. The van der Waals surface area contributed by atoms with E-state index in [0.29, 0.717) is 22.4 Å². The third-order valence-corrected chi connectivity index (χ3v) is 3.95. The molecule has 1 aliphatic rings. The van der Waals surface area contributed by atoms with Crippen molar-refractivity contribution >= 4 is 11.7 Å². The van der Waals surface area contributed by atoms with Crippen LogP contribution in [0.4, 0.5) is 14.6 Å². The number of anilines is 1. The zero-order chi connectivity index (χ0) is 19.0. The maximum absolute atomic E-state index is 13.2. The molecule has 0 saturated carbocycles. The van der Waals surface area contributed by atoms with Crippen molar-refractivity contribution in [2.24, 2.45) is 0 Å². The second kappa shape index (κ2) is 6.31. The minimum absolute atomic E-state index is 0.0269. The molecule has 6 nitrogen and oxygen atoms in total. The fourth-order valence-corrected chi connectivity index (χ4v) is 2.68. The van der Waals surface area contributed by atoms with Crippen LogP contribution in [0.25, 0.3) is 11.3 Å². The average Bonchev–Trinajstić information content (AvgIpc) is 2.95. The van der Waals surface area contributed by atoms with Crippen LogP contribution in [-0.4, -0.2) is 22.2 Å². The molecule has 27 heavy (non-hydrogen) atoms. The minimum atomic E-state index is -3.68. The van der Waals surface area contributed by atoms with Gasteiger partial charge in [0, 0.05) is 11.1 Å². The highest BCUT2D eigenvalue weighted by atomic mass is 19.3. The van der Waals surface area contributed by atoms with Gasteiger partial charge in [-0.25, -0.2) is 4.98 Å². The summed E-state index contributed by atoms with van der Waals surface area (Å²) in [6.07, 6.45) is -0.831. The van der Waals surface area contributed by atoms with Crippen molar-refractivity contribution in [1.29, 1.82) is 0 Å². The first-order valence-electron chi connectivity index (χ1n) is 8.00. The highest BCUT2D eigenvalue weighted by molar-refractivity contribution is 6.03. The first-order chi connectivity index (χ1) is 12.9. The predicted octanol–water partition coefficient (Wildman–Crippen LogP) is 4.03. The summed E-state index contributed by atoms with van der Waals surface area (Å²) in [6.45, 7) is 1.74. The summed E-state index contributed by atoms with van der Waals surface area (Å²) in [5, 5.41) is 2.65.